The van der Waals surface area contributed by atoms with Gasteiger partial charge in [-0.1, -0.05) is 68.4 Å². The van der Waals surface area contributed by atoms with Gasteiger partial charge in [-0.15, -0.1) is 0 Å². The van der Waals surface area contributed by atoms with Crippen LogP contribution in [0.1, 0.15) is 36.2 Å². The van der Waals surface area contributed by atoms with E-state index in [0.29, 0.717) is 60.2 Å². The van der Waals surface area contributed by atoms with Crippen LogP contribution in [0, 0.1) is 11.6 Å². The number of halogens is 5. The van der Waals surface area contributed by atoms with Crippen LogP contribution in [0.5, 0.6) is 0 Å². The number of carbonyl (C=O) groups excluding carboxylic acids is 1. The number of fused-ring (bicyclic) bond motifs is 1. The van der Waals surface area contributed by atoms with Gasteiger partial charge in [-0.25, -0.2) is 8.78 Å². The number of nitrogens with zero attached hydrogens (tertiary/aromatic N) is 3. The standard InChI is InChI=1S/C39H38F5N3O2/c1-3-45(4-2)21-22-46(25-28-9-13-29(14-10-28)30-15-17-31(18-16-30)39(42,43)44)38(49)26-47-32(19-11-27-12-20-34(40)35(41)23-27)24-37(48)33-7-5-6-8-36(33)47/h5-10,12-18,20,23-24H,3-4,11,19,21-22,25-26H2,1-2H3. The maximum absolute atomic E-state index is 14.2. The summed E-state index contributed by atoms with van der Waals surface area (Å²) >= 11 is 0. The highest BCUT2D eigenvalue weighted by Gasteiger charge is 2.30. The van der Waals surface area contributed by atoms with E-state index in [0.717, 1.165) is 48.5 Å². The molecule has 0 radical (unpaired) electrons. The van der Waals surface area contributed by atoms with E-state index < -0.39 is 23.4 Å². The molecule has 49 heavy (non-hydrogen) atoms. The highest BCUT2D eigenvalue weighted by Crippen LogP contribution is 2.31. The van der Waals surface area contributed by atoms with Crippen molar-refractivity contribution in [1.82, 2.24) is 14.4 Å². The molecule has 5 rings (SSSR count). The van der Waals surface area contributed by atoms with Gasteiger partial charge in [-0.05, 0) is 84.6 Å². The van der Waals surface area contributed by atoms with Gasteiger partial charge in [0.1, 0.15) is 6.54 Å². The normalized spacial score (nSPS) is 11.8. The molecule has 0 aliphatic heterocycles. The molecule has 0 N–H and O–H groups in total. The number of rotatable bonds is 13. The average Bonchev–Trinajstić information content (AvgIpc) is 3.10. The van der Waals surface area contributed by atoms with Crippen LogP contribution >= 0.6 is 0 Å². The topological polar surface area (TPSA) is 45.5 Å². The molecule has 0 atom stereocenters. The molecule has 0 unspecified atom stereocenters. The summed E-state index contributed by atoms with van der Waals surface area (Å²) in [6.45, 7) is 7.10. The molecule has 0 spiro atoms. The number of aromatic nitrogens is 1. The Balaban J connectivity index is 1.41. The fraction of sp³-hybridized carbons (Fsp3) is 0.282. The first-order valence-electron chi connectivity index (χ1n) is 16.3. The SMILES string of the molecule is CCN(CC)CCN(Cc1ccc(-c2ccc(C(F)(F)F)cc2)cc1)C(=O)Cn1c(CCc2ccc(F)c(F)c2)cc(=O)c2ccccc21. The van der Waals surface area contributed by atoms with Crippen LogP contribution in [0.4, 0.5) is 22.0 Å². The summed E-state index contributed by atoms with van der Waals surface area (Å²) in [6.07, 6.45) is -3.75. The second-order valence-electron chi connectivity index (χ2n) is 12.0. The molecule has 5 aromatic rings. The molecule has 1 heterocycles. The van der Waals surface area contributed by atoms with Crippen LogP contribution in [0.15, 0.2) is 102 Å². The molecule has 5 nitrogen and oxygen atoms in total. The van der Waals surface area contributed by atoms with Crippen molar-refractivity contribution in [3.63, 3.8) is 0 Å². The van der Waals surface area contributed by atoms with Crippen molar-refractivity contribution in [2.24, 2.45) is 0 Å². The van der Waals surface area contributed by atoms with E-state index in [9.17, 15) is 31.5 Å². The number of benzene rings is 4. The molecule has 4 aromatic carbocycles. The van der Waals surface area contributed by atoms with Crippen LogP contribution in [0.25, 0.3) is 22.0 Å². The summed E-state index contributed by atoms with van der Waals surface area (Å²) in [4.78, 5) is 31.2. The van der Waals surface area contributed by atoms with Crippen LogP contribution in [0.2, 0.25) is 0 Å². The lowest BCUT2D eigenvalue weighted by Crippen LogP contribution is -2.40. The number of para-hydroxylation sites is 1. The number of alkyl halides is 3. The van der Waals surface area contributed by atoms with Gasteiger partial charge in [0.15, 0.2) is 17.1 Å². The Hall–Kier alpha value is -4.83. The lowest BCUT2D eigenvalue weighted by molar-refractivity contribution is -0.137. The van der Waals surface area contributed by atoms with Gasteiger partial charge in [0.05, 0.1) is 11.1 Å². The third-order valence-electron chi connectivity index (χ3n) is 8.86. The van der Waals surface area contributed by atoms with Crippen LogP contribution in [-0.2, 0) is 36.9 Å². The minimum absolute atomic E-state index is 0.0458. The van der Waals surface area contributed by atoms with Gasteiger partial charge >= 0.3 is 6.18 Å². The van der Waals surface area contributed by atoms with Gasteiger partial charge in [-0.3, -0.25) is 9.59 Å². The van der Waals surface area contributed by atoms with Crippen LogP contribution in [0.3, 0.4) is 0 Å². The summed E-state index contributed by atoms with van der Waals surface area (Å²) in [5, 5.41) is 0.473. The van der Waals surface area contributed by atoms with Gasteiger partial charge in [-0.2, -0.15) is 13.2 Å². The quantitative estimate of drug-likeness (QED) is 0.119. The number of amides is 1. The number of pyridine rings is 1. The molecule has 0 saturated heterocycles. The van der Waals surface area contributed by atoms with Crippen molar-refractivity contribution < 1.29 is 26.7 Å². The third kappa shape index (κ3) is 8.80. The van der Waals surface area contributed by atoms with E-state index in [1.54, 1.807) is 29.2 Å². The Bertz CT molecular complexity index is 1950. The first-order chi connectivity index (χ1) is 23.5. The van der Waals surface area contributed by atoms with Gasteiger partial charge < -0.3 is 14.4 Å². The maximum Gasteiger partial charge on any atom is 0.416 e. The zero-order chi connectivity index (χ0) is 35.1. The summed E-state index contributed by atoms with van der Waals surface area (Å²) in [5.41, 5.74) is 3.13. The van der Waals surface area contributed by atoms with Crippen molar-refractivity contribution in [3.8, 4) is 11.1 Å². The Labute approximate surface area is 282 Å². The molecule has 256 valence electrons. The largest absolute Gasteiger partial charge is 0.416 e. The number of hydrogen-bond acceptors (Lipinski definition) is 3. The monoisotopic (exact) mass is 675 g/mol. The lowest BCUT2D eigenvalue weighted by Gasteiger charge is -2.28. The fourth-order valence-electron chi connectivity index (χ4n) is 5.94. The van der Waals surface area contributed by atoms with Gasteiger partial charge in [0.25, 0.3) is 0 Å². The minimum atomic E-state index is -4.41. The lowest BCUT2D eigenvalue weighted by atomic mass is 10.0. The molecule has 0 fully saturated rings. The maximum atomic E-state index is 14.2. The first-order valence-corrected chi connectivity index (χ1v) is 16.3. The van der Waals surface area contributed by atoms with Crippen molar-refractivity contribution in [3.05, 3.63) is 141 Å². The van der Waals surface area contributed by atoms with E-state index in [2.05, 4.69) is 18.7 Å². The molecular weight excluding hydrogens is 637 g/mol. The van der Waals surface area contributed by atoms with E-state index in [-0.39, 0.29) is 17.9 Å². The summed E-state index contributed by atoms with van der Waals surface area (Å²) < 4.78 is 68.4. The predicted octanol–water partition coefficient (Wildman–Crippen LogP) is 8.12. The molecule has 10 heteroatoms. The van der Waals surface area contributed by atoms with Crippen molar-refractivity contribution in [2.75, 3.05) is 26.2 Å². The number of likely N-dealkylation sites (N-methyl/N-ethyl adjacent to an activating group) is 1. The summed E-state index contributed by atoms with van der Waals surface area (Å²) in [5.74, 6) is -2.04. The van der Waals surface area contributed by atoms with E-state index in [1.165, 1.54) is 24.3 Å². The van der Waals surface area contributed by atoms with Crippen molar-refractivity contribution in [1.29, 1.82) is 0 Å². The average molecular weight is 676 g/mol. The Morgan fingerprint density at radius 2 is 1.37 bits per heavy atom. The van der Waals surface area contributed by atoms with Crippen molar-refractivity contribution >= 4 is 16.8 Å². The summed E-state index contributed by atoms with van der Waals surface area (Å²) in [7, 11) is 0. The van der Waals surface area contributed by atoms with E-state index >= 15 is 0 Å². The molecule has 1 aromatic heterocycles. The van der Waals surface area contributed by atoms with E-state index in [1.807, 2.05) is 28.8 Å². The minimum Gasteiger partial charge on any atom is -0.336 e. The van der Waals surface area contributed by atoms with Gasteiger partial charge in [0.2, 0.25) is 5.91 Å². The van der Waals surface area contributed by atoms with Gasteiger partial charge in [0, 0.05) is 36.8 Å². The number of hydrogen-bond donors (Lipinski definition) is 0. The molecule has 1 amide bonds. The fourth-order valence-corrected chi connectivity index (χ4v) is 5.94. The highest BCUT2D eigenvalue weighted by atomic mass is 19.4. The first kappa shape index (κ1) is 35.5. The van der Waals surface area contributed by atoms with E-state index in [4.69, 9.17) is 0 Å². The highest BCUT2D eigenvalue weighted by molar-refractivity contribution is 5.83. The zero-order valence-corrected chi connectivity index (χ0v) is 27.4. The molecule has 0 aliphatic carbocycles. The Kier molecular flexibility index (Phi) is 11.3. The van der Waals surface area contributed by atoms with Crippen molar-refractivity contribution in [2.45, 2.75) is 46.0 Å². The smallest absolute Gasteiger partial charge is 0.336 e. The Morgan fingerprint density at radius 1 is 0.735 bits per heavy atom. The van der Waals surface area contributed by atoms with Crippen LogP contribution < -0.4 is 5.43 Å². The second kappa shape index (κ2) is 15.6. The Morgan fingerprint density at radius 3 is 2.00 bits per heavy atom. The van der Waals surface area contributed by atoms with Crippen LogP contribution in [-0.4, -0.2) is 46.5 Å². The third-order valence-corrected chi connectivity index (χ3v) is 8.86. The predicted molar refractivity (Wildman–Crippen MR) is 182 cm³/mol. The molecule has 0 aliphatic rings. The summed E-state index contributed by atoms with van der Waals surface area (Å²) in [6, 6.07) is 24.7. The second-order valence-corrected chi connectivity index (χ2v) is 12.0. The number of aryl methyl sites for hydroxylation is 2. The number of carbonyl (C=O) groups is 1. The molecular formula is C39H38F5N3O2. The zero-order valence-electron chi connectivity index (χ0n) is 27.4. The molecule has 0 saturated carbocycles. The molecule has 0 bridgehead atoms.